The number of aliphatic hydroxyl groups is 1. The van der Waals surface area contributed by atoms with Crippen molar-refractivity contribution in [2.24, 2.45) is 0 Å². The van der Waals surface area contributed by atoms with Gasteiger partial charge in [0.05, 0.1) is 12.7 Å². The lowest BCUT2D eigenvalue weighted by Crippen LogP contribution is -2.29. The van der Waals surface area contributed by atoms with Crippen LogP contribution >= 0.6 is 39.0 Å². The lowest BCUT2D eigenvalue weighted by molar-refractivity contribution is -0.0228. The van der Waals surface area contributed by atoms with Crippen molar-refractivity contribution in [2.45, 2.75) is 12.2 Å². The average molecular weight is 295 g/mol. The van der Waals surface area contributed by atoms with Crippen molar-refractivity contribution < 1.29 is 9.84 Å². The van der Waals surface area contributed by atoms with E-state index in [2.05, 4.69) is 15.9 Å². The van der Waals surface area contributed by atoms with Crippen LogP contribution in [0.4, 0.5) is 0 Å². The lowest BCUT2D eigenvalue weighted by atomic mass is 10.1. The summed E-state index contributed by atoms with van der Waals surface area (Å²) in [5.74, 6) is 1.91. The van der Waals surface area contributed by atoms with E-state index >= 15 is 0 Å². The van der Waals surface area contributed by atoms with Gasteiger partial charge in [-0.3, -0.25) is 0 Å². The van der Waals surface area contributed by atoms with Crippen molar-refractivity contribution in [1.82, 2.24) is 0 Å². The molecular formula is C9H11BrO2S2. The van der Waals surface area contributed by atoms with Crippen LogP contribution in [0.1, 0.15) is 11.7 Å². The number of halogens is 1. The minimum Gasteiger partial charge on any atom is -0.386 e. The van der Waals surface area contributed by atoms with Gasteiger partial charge in [-0.25, -0.2) is 0 Å². The summed E-state index contributed by atoms with van der Waals surface area (Å²) in [4.78, 5) is 0. The average Bonchev–Trinajstić information content (AvgIpc) is 2.65. The number of hydrogen-bond donors (Lipinski definition) is 1. The number of hydrogen-bond acceptors (Lipinski definition) is 4. The Kier molecular flexibility index (Phi) is 3.90. The molecule has 1 N–H and O–H groups in total. The molecule has 2 heterocycles. The van der Waals surface area contributed by atoms with Crippen LogP contribution in [0.5, 0.6) is 0 Å². The van der Waals surface area contributed by atoms with Crippen molar-refractivity contribution in [3.8, 4) is 0 Å². The monoisotopic (exact) mass is 294 g/mol. The van der Waals surface area contributed by atoms with Crippen LogP contribution in [0, 0.1) is 0 Å². The van der Waals surface area contributed by atoms with Crippen LogP contribution < -0.4 is 0 Å². The second kappa shape index (κ2) is 4.99. The molecular weight excluding hydrogens is 284 g/mol. The fourth-order valence-corrected chi connectivity index (χ4v) is 3.84. The first kappa shape index (κ1) is 11.0. The van der Waals surface area contributed by atoms with E-state index in [1.54, 1.807) is 11.3 Å². The topological polar surface area (TPSA) is 29.5 Å². The smallest absolute Gasteiger partial charge is 0.108 e. The van der Waals surface area contributed by atoms with E-state index in [0.717, 1.165) is 28.1 Å². The molecule has 2 rings (SSSR count). The Balaban J connectivity index is 2.07. The van der Waals surface area contributed by atoms with Gasteiger partial charge in [0, 0.05) is 26.9 Å². The van der Waals surface area contributed by atoms with Crippen LogP contribution in [0.15, 0.2) is 15.2 Å². The van der Waals surface area contributed by atoms with Crippen LogP contribution in [-0.2, 0) is 4.74 Å². The summed E-state index contributed by atoms with van der Waals surface area (Å²) in [6.07, 6.45) is -0.553. The van der Waals surface area contributed by atoms with Crippen LogP contribution in [-0.4, -0.2) is 29.3 Å². The summed E-state index contributed by atoms with van der Waals surface area (Å²) in [5.41, 5.74) is 0.947. The first-order valence-corrected chi connectivity index (χ1v) is 7.27. The summed E-state index contributed by atoms with van der Waals surface area (Å²) >= 11 is 6.85. The van der Waals surface area contributed by atoms with Gasteiger partial charge in [-0.15, -0.1) is 0 Å². The third-order valence-corrected chi connectivity index (χ3v) is 4.93. The third kappa shape index (κ3) is 2.33. The van der Waals surface area contributed by atoms with Crippen LogP contribution in [0.2, 0.25) is 0 Å². The number of ether oxygens (including phenoxy) is 1. The second-order valence-corrected chi connectivity index (χ2v) is 5.85. The van der Waals surface area contributed by atoms with Gasteiger partial charge >= 0.3 is 0 Å². The van der Waals surface area contributed by atoms with Gasteiger partial charge in [0.15, 0.2) is 0 Å². The van der Waals surface area contributed by atoms with Gasteiger partial charge in [0.2, 0.25) is 0 Å². The van der Waals surface area contributed by atoms with E-state index in [1.165, 1.54) is 0 Å². The number of thiophene rings is 1. The molecule has 0 radical (unpaired) electrons. The molecule has 78 valence electrons. The van der Waals surface area contributed by atoms with Gasteiger partial charge in [-0.1, -0.05) is 0 Å². The van der Waals surface area contributed by atoms with E-state index in [9.17, 15) is 5.11 Å². The second-order valence-electron chi connectivity index (χ2n) is 3.10. The summed E-state index contributed by atoms with van der Waals surface area (Å²) in [6.45, 7) is 0.744. The highest BCUT2D eigenvalue weighted by Crippen LogP contribution is 2.32. The molecule has 1 aliphatic rings. The predicted octanol–water partition coefficient (Wildman–Crippen LogP) is 2.68. The highest BCUT2D eigenvalue weighted by atomic mass is 79.9. The maximum Gasteiger partial charge on any atom is 0.108 e. The molecule has 0 aromatic carbocycles. The molecule has 5 heteroatoms. The van der Waals surface area contributed by atoms with Crippen molar-refractivity contribution in [2.75, 3.05) is 18.1 Å². The van der Waals surface area contributed by atoms with Crippen molar-refractivity contribution in [3.05, 3.63) is 20.8 Å². The van der Waals surface area contributed by atoms with Crippen LogP contribution in [0.25, 0.3) is 0 Å². The lowest BCUT2D eigenvalue weighted by Gasteiger charge is -2.26. The summed E-state index contributed by atoms with van der Waals surface area (Å²) in [7, 11) is 0. The Labute approximate surface area is 99.8 Å². The Morgan fingerprint density at radius 1 is 1.57 bits per heavy atom. The first-order valence-electron chi connectivity index (χ1n) is 4.38. The zero-order valence-corrected chi connectivity index (χ0v) is 10.7. The van der Waals surface area contributed by atoms with Gasteiger partial charge in [0.25, 0.3) is 0 Å². The van der Waals surface area contributed by atoms with E-state index in [-0.39, 0.29) is 6.10 Å². The van der Waals surface area contributed by atoms with E-state index in [4.69, 9.17) is 4.74 Å². The standard InChI is InChI=1S/C9H11BrO2S2/c10-7-4-14-3-6(7)9(11)8-5-13-2-1-12-8/h3-4,8-9,11H,1-2,5H2. The molecule has 0 bridgehead atoms. The summed E-state index contributed by atoms with van der Waals surface area (Å²) in [6, 6.07) is 0. The van der Waals surface area contributed by atoms with Gasteiger partial charge < -0.3 is 9.84 Å². The zero-order valence-electron chi connectivity index (χ0n) is 7.48. The maximum absolute atomic E-state index is 10.1. The minimum atomic E-state index is -0.497. The van der Waals surface area contributed by atoms with Crippen molar-refractivity contribution >= 4 is 39.0 Å². The van der Waals surface area contributed by atoms with E-state index in [0.29, 0.717) is 0 Å². The van der Waals surface area contributed by atoms with Gasteiger partial charge in [0.1, 0.15) is 6.10 Å². The Morgan fingerprint density at radius 2 is 2.43 bits per heavy atom. The molecule has 0 saturated carbocycles. The normalized spacial score (nSPS) is 24.9. The van der Waals surface area contributed by atoms with Gasteiger partial charge in [-0.05, 0) is 21.3 Å². The van der Waals surface area contributed by atoms with Gasteiger partial charge in [-0.2, -0.15) is 23.1 Å². The Bertz CT molecular complexity index is 297. The Morgan fingerprint density at radius 3 is 3.00 bits per heavy atom. The molecule has 1 aromatic heterocycles. The fourth-order valence-electron chi connectivity index (χ4n) is 1.39. The Hall–Kier alpha value is 0.450. The van der Waals surface area contributed by atoms with Crippen molar-refractivity contribution in [1.29, 1.82) is 0 Å². The highest BCUT2D eigenvalue weighted by Gasteiger charge is 2.26. The quantitative estimate of drug-likeness (QED) is 0.909. The molecule has 2 nitrogen and oxygen atoms in total. The summed E-state index contributed by atoms with van der Waals surface area (Å²) < 4.78 is 6.51. The molecule has 2 unspecified atom stereocenters. The predicted molar refractivity (Wildman–Crippen MR) is 64.0 cm³/mol. The highest BCUT2D eigenvalue weighted by molar-refractivity contribution is 9.10. The molecule has 0 amide bonds. The minimum absolute atomic E-state index is 0.0559. The van der Waals surface area contributed by atoms with Crippen LogP contribution in [0.3, 0.4) is 0 Å². The van der Waals surface area contributed by atoms with E-state index < -0.39 is 6.10 Å². The fraction of sp³-hybridized carbons (Fsp3) is 0.556. The molecule has 1 aromatic rings. The third-order valence-electron chi connectivity index (χ3n) is 2.15. The SMILES string of the molecule is OC(c1cscc1Br)C1CSCCO1. The summed E-state index contributed by atoms with van der Waals surface area (Å²) in [5, 5.41) is 14.0. The zero-order chi connectivity index (χ0) is 9.97. The largest absolute Gasteiger partial charge is 0.386 e. The van der Waals surface area contributed by atoms with E-state index in [1.807, 2.05) is 22.5 Å². The molecule has 0 spiro atoms. The molecule has 0 aliphatic carbocycles. The first-order chi connectivity index (χ1) is 6.79. The molecule has 1 fully saturated rings. The molecule has 1 saturated heterocycles. The van der Waals surface area contributed by atoms with Crippen molar-refractivity contribution in [3.63, 3.8) is 0 Å². The number of thioether (sulfide) groups is 1. The molecule has 14 heavy (non-hydrogen) atoms. The number of aliphatic hydroxyl groups excluding tert-OH is 1. The molecule has 1 aliphatic heterocycles. The maximum atomic E-state index is 10.1. The molecule has 2 atom stereocenters. The number of rotatable bonds is 2.